The lowest BCUT2D eigenvalue weighted by Crippen LogP contribution is -2.30. The fourth-order valence-corrected chi connectivity index (χ4v) is 4.61. The summed E-state index contributed by atoms with van der Waals surface area (Å²) in [6.45, 7) is 0.626. The number of hydrogen-bond donors (Lipinski definition) is 1. The summed E-state index contributed by atoms with van der Waals surface area (Å²) in [6.07, 6.45) is 1.74. The van der Waals surface area contributed by atoms with E-state index >= 15 is 0 Å². The molecule has 1 saturated heterocycles. The summed E-state index contributed by atoms with van der Waals surface area (Å²) < 4.78 is 1.10. The lowest BCUT2D eigenvalue weighted by atomic mass is 10.1. The van der Waals surface area contributed by atoms with Crippen molar-refractivity contribution < 1.29 is 9.72 Å². The summed E-state index contributed by atoms with van der Waals surface area (Å²) in [6, 6.07) is 12.4. The molecule has 0 saturated carbocycles. The zero-order valence-corrected chi connectivity index (χ0v) is 15.5. The van der Waals surface area contributed by atoms with Crippen molar-refractivity contribution in [2.75, 3.05) is 18.9 Å². The predicted molar refractivity (Wildman–Crippen MR) is 105 cm³/mol. The standard InChI is InChI=1S/C19H18N4O3S/c1-20-13-9-8-12(11-16(13)23(25)26)19(24)22-10-4-6-15(22)18-21-14-5-2-3-7-17(14)27-18/h2-3,5,7-9,11,15,20H,4,6,10H2,1H3. The van der Waals surface area contributed by atoms with Gasteiger partial charge < -0.3 is 10.2 Å². The van der Waals surface area contributed by atoms with Gasteiger partial charge in [-0.2, -0.15) is 0 Å². The maximum Gasteiger partial charge on any atom is 0.293 e. The molecule has 4 rings (SSSR count). The van der Waals surface area contributed by atoms with Gasteiger partial charge in [-0.15, -0.1) is 11.3 Å². The van der Waals surface area contributed by atoms with Gasteiger partial charge in [0, 0.05) is 25.2 Å². The van der Waals surface area contributed by atoms with Crippen molar-refractivity contribution in [1.29, 1.82) is 0 Å². The van der Waals surface area contributed by atoms with Crippen LogP contribution in [-0.4, -0.2) is 34.3 Å². The van der Waals surface area contributed by atoms with Gasteiger partial charge in [-0.25, -0.2) is 4.98 Å². The molecule has 27 heavy (non-hydrogen) atoms. The van der Waals surface area contributed by atoms with Crippen LogP contribution in [-0.2, 0) is 0 Å². The van der Waals surface area contributed by atoms with E-state index in [0.717, 1.165) is 28.1 Å². The molecule has 0 aliphatic carbocycles. The van der Waals surface area contributed by atoms with E-state index in [2.05, 4.69) is 5.32 Å². The van der Waals surface area contributed by atoms with Crippen molar-refractivity contribution in [2.24, 2.45) is 0 Å². The minimum Gasteiger partial charge on any atom is -0.383 e. The molecule has 2 heterocycles. The largest absolute Gasteiger partial charge is 0.383 e. The Morgan fingerprint density at radius 2 is 2.15 bits per heavy atom. The molecule has 0 spiro atoms. The van der Waals surface area contributed by atoms with Gasteiger partial charge in [0.25, 0.3) is 11.6 Å². The lowest BCUT2D eigenvalue weighted by Gasteiger charge is -2.23. The molecule has 3 aromatic rings. The zero-order chi connectivity index (χ0) is 19.0. The minimum absolute atomic E-state index is 0.0852. The molecule has 1 aliphatic rings. The van der Waals surface area contributed by atoms with Crippen LogP contribution >= 0.6 is 11.3 Å². The highest BCUT2D eigenvalue weighted by Gasteiger charge is 2.33. The maximum atomic E-state index is 13.1. The smallest absolute Gasteiger partial charge is 0.293 e. The van der Waals surface area contributed by atoms with Crippen LogP contribution in [0.15, 0.2) is 42.5 Å². The Balaban J connectivity index is 1.66. The molecule has 1 aromatic heterocycles. The van der Waals surface area contributed by atoms with Crippen molar-refractivity contribution in [3.05, 3.63) is 63.1 Å². The first-order valence-electron chi connectivity index (χ1n) is 8.71. The van der Waals surface area contributed by atoms with Crippen molar-refractivity contribution in [3.63, 3.8) is 0 Å². The van der Waals surface area contributed by atoms with Gasteiger partial charge in [-0.05, 0) is 37.1 Å². The molecule has 0 radical (unpaired) electrons. The Labute approximate surface area is 159 Å². The molecule has 7 nitrogen and oxygen atoms in total. The Hall–Kier alpha value is -3.00. The molecule has 2 aromatic carbocycles. The number of thiazole rings is 1. The van der Waals surface area contributed by atoms with Crippen molar-refractivity contribution in [2.45, 2.75) is 18.9 Å². The second kappa shape index (κ2) is 6.96. The average Bonchev–Trinajstić information content (AvgIpc) is 3.33. The van der Waals surface area contributed by atoms with E-state index in [1.54, 1.807) is 35.4 Å². The third kappa shape index (κ3) is 3.12. The molecule has 138 valence electrons. The third-order valence-corrected chi connectivity index (χ3v) is 5.96. The van der Waals surface area contributed by atoms with Crippen LogP contribution < -0.4 is 5.32 Å². The molecule has 1 N–H and O–H groups in total. The number of benzene rings is 2. The van der Waals surface area contributed by atoms with Crippen molar-refractivity contribution in [1.82, 2.24) is 9.88 Å². The number of rotatable bonds is 4. The van der Waals surface area contributed by atoms with Crippen LogP contribution in [0.25, 0.3) is 10.2 Å². The SMILES string of the molecule is CNc1ccc(C(=O)N2CCCC2c2nc3ccccc3s2)cc1[N+](=O)[O-]. The second-order valence-electron chi connectivity index (χ2n) is 6.42. The molecule has 8 heteroatoms. The number of nitrogens with one attached hydrogen (secondary N) is 1. The van der Waals surface area contributed by atoms with Crippen LogP contribution in [0, 0.1) is 10.1 Å². The number of aromatic nitrogens is 1. The van der Waals surface area contributed by atoms with E-state index in [-0.39, 0.29) is 17.6 Å². The molecular formula is C19H18N4O3S. The maximum absolute atomic E-state index is 13.1. The molecule has 1 atom stereocenters. The molecular weight excluding hydrogens is 364 g/mol. The number of anilines is 1. The zero-order valence-electron chi connectivity index (χ0n) is 14.7. The molecule has 1 unspecified atom stereocenters. The summed E-state index contributed by atoms with van der Waals surface area (Å²) in [5.41, 5.74) is 1.55. The molecule has 1 amide bonds. The monoisotopic (exact) mass is 382 g/mol. The first-order valence-corrected chi connectivity index (χ1v) is 9.53. The summed E-state index contributed by atoms with van der Waals surface area (Å²) in [7, 11) is 1.62. The summed E-state index contributed by atoms with van der Waals surface area (Å²) >= 11 is 1.60. The Morgan fingerprint density at radius 3 is 2.89 bits per heavy atom. The number of carbonyl (C=O) groups excluding carboxylic acids is 1. The number of hydrogen-bond acceptors (Lipinski definition) is 6. The fourth-order valence-electron chi connectivity index (χ4n) is 3.49. The van der Waals surface area contributed by atoms with E-state index < -0.39 is 4.92 Å². The Morgan fingerprint density at radius 1 is 1.33 bits per heavy atom. The van der Waals surface area contributed by atoms with Gasteiger partial charge >= 0.3 is 0 Å². The number of para-hydroxylation sites is 1. The average molecular weight is 382 g/mol. The highest BCUT2D eigenvalue weighted by Crippen LogP contribution is 2.37. The van der Waals surface area contributed by atoms with Crippen LogP contribution in [0.3, 0.4) is 0 Å². The highest BCUT2D eigenvalue weighted by atomic mass is 32.1. The van der Waals surface area contributed by atoms with Crippen LogP contribution in [0.1, 0.15) is 34.2 Å². The predicted octanol–water partition coefficient (Wildman–Crippen LogP) is 4.22. The second-order valence-corrected chi connectivity index (χ2v) is 7.48. The first-order chi connectivity index (χ1) is 13.1. The Kier molecular flexibility index (Phi) is 4.49. The third-order valence-electron chi connectivity index (χ3n) is 4.82. The number of nitro groups is 1. The van der Waals surface area contributed by atoms with Crippen LogP contribution in [0.2, 0.25) is 0 Å². The first kappa shape index (κ1) is 17.4. The van der Waals surface area contributed by atoms with Gasteiger partial charge in [0.2, 0.25) is 0 Å². The number of carbonyl (C=O) groups is 1. The normalized spacial score (nSPS) is 16.6. The summed E-state index contributed by atoms with van der Waals surface area (Å²) in [5, 5.41) is 15.0. The summed E-state index contributed by atoms with van der Waals surface area (Å²) in [4.78, 5) is 30.4. The van der Waals surface area contributed by atoms with E-state index in [0.29, 0.717) is 17.8 Å². The van der Waals surface area contributed by atoms with Gasteiger partial charge in [-0.3, -0.25) is 14.9 Å². The van der Waals surface area contributed by atoms with Crippen molar-refractivity contribution in [3.8, 4) is 0 Å². The van der Waals surface area contributed by atoms with Gasteiger partial charge in [-0.1, -0.05) is 12.1 Å². The van der Waals surface area contributed by atoms with E-state index in [4.69, 9.17) is 4.98 Å². The van der Waals surface area contributed by atoms with E-state index in [1.165, 1.54) is 6.07 Å². The number of amides is 1. The number of likely N-dealkylation sites (tertiary alicyclic amines) is 1. The fraction of sp³-hybridized carbons (Fsp3) is 0.263. The number of nitrogens with zero attached hydrogens (tertiary/aromatic N) is 3. The lowest BCUT2D eigenvalue weighted by molar-refractivity contribution is -0.384. The van der Waals surface area contributed by atoms with Gasteiger partial charge in [0.15, 0.2) is 0 Å². The van der Waals surface area contributed by atoms with Gasteiger partial charge in [0.05, 0.1) is 21.2 Å². The van der Waals surface area contributed by atoms with E-state index in [1.807, 2.05) is 24.3 Å². The molecule has 1 fully saturated rings. The minimum atomic E-state index is -0.475. The highest BCUT2D eigenvalue weighted by molar-refractivity contribution is 7.18. The quantitative estimate of drug-likeness (QED) is 0.539. The molecule has 0 bridgehead atoms. The topological polar surface area (TPSA) is 88.4 Å². The van der Waals surface area contributed by atoms with Gasteiger partial charge in [0.1, 0.15) is 10.7 Å². The van der Waals surface area contributed by atoms with Crippen molar-refractivity contribution >= 4 is 38.8 Å². The summed E-state index contributed by atoms with van der Waals surface area (Å²) in [5.74, 6) is -0.192. The number of nitro benzene ring substituents is 1. The van der Waals surface area contributed by atoms with Crippen LogP contribution in [0.4, 0.5) is 11.4 Å². The van der Waals surface area contributed by atoms with Crippen LogP contribution in [0.5, 0.6) is 0 Å². The van der Waals surface area contributed by atoms with E-state index in [9.17, 15) is 14.9 Å². The molecule has 1 aliphatic heterocycles. The Bertz CT molecular complexity index is 1000. The number of fused-ring (bicyclic) bond motifs is 1.